The number of nitrogens with one attached hydrogen (secondary N) is 2. The topological polar surface area (TPSA) is 87.7 Å². The Balaban J connectivity index is 1.10. The largest absolute Gasteiger partial charge is 0.383 e. The van der Waals surface area contributed by atoms with E-state index in [0.717, 1.165) is 18.4 Å². The number of carbonyl (C=O) groups is 2. The molecule has 1 unspecified atom stereocenters. The fraction of sp³-hybridized carbons (Fsp3) is 0.297. The standard InChI is InChI=1S/C37H40N2O4S/c40-33(21-24-39-35(42)34(41)36(22-23-36)28-43-27-29-13-5-1-6-14-29)38-25-26-44-37(30-15-7-2-8-16-30,31-17-9-3-10-18-31)32-19-11-4-12-20-32/h1-20,34,41H,21-28H2,(H,38,40)(H,39,42). The summed E-state index contributed by atoms with van der Waals surface area (Å²) >= 11 is 1.79. The molecule has 0 aromatic heterocycles. The average molecular weight is 609 g/mol. The maximum atomic E-state index is 12.7. The summed E-state index contributed by atoms with van der Waals surface area (Å²) in [6, 6.07) is 41.2. The van der Waals surface area contributed by atoms with Crippen LogP contribution in [0.3, 0.4) is 0 Å². The van der Waals surface area contributed by atoms with Gasteiger partial charge in [0.1, 0.15) is 6.10 Å². The Morgan fingerprint density at radius 1 is 0.750 bits per heavy atom. The van der Waals surface area contributed by atoms with Crippen LogP contribution in [0.1, 0.15) is 41.5 Å². The fourth-order valence-corrected chi connectivity index (χ4v) is 6.95. The molecule has 2 amide bonds. The lowest BCUT2D eigenvalue weighted by Crippen LogP contribution is -2.43. The van der Waals surface area contributed by atoms with E-state index >= 15 is 0 Å². The number of aliphatic hydroxyl groups is 1. The minimum absolute atomic E-state index is 0.141. The lowest BCUT2D eigenvalue weighted by Gasteiger charge is -2.35. The van der Waals surface area contributed by atoms with Crippen molar-refractivity contribution < 1.29 is 19.4 Å². The first-order valence-electron chi connectivity index (χ1n) is 15.2. The van der Waals surface area contributed by atoms with Crippen molar-refractivity contribution >= 4 is 23.6 Å². The molecule has 44 heavy (non-hydrogen) atoms. The molecular formula is C37H40N2O4S. The van der Waals surface area contributed by atoms with E-state index in [4.69, 9.17) is 4.74 Å². The molecule has 4 aromatic rings. The number of benzene rings is 4. The van der Waals surface area contributed by atoms with Crippen molar-refractivity contribution in [2.75, 3.05) is 25.4 Å². The number of hydrogen-bond donors (Lipinski definition) is 3. The van der Waals surface area contributed by atoms with Crippen LogP contribution in [0.2, 0.25) is 0 Å². The number of hydrogen-bond acceptors (Lipinski definition) is 5. The minimum Gasteiger partial charge on any atom is -0.383 e. The summed E-state index contributed by atoms with van der Waals surface area (Å²) < 4.78 is 5.38. The molecule has 0 bridgehead atoms. The van der Waals surface area contributed by atoms with Crippen LogP contribution in [0.25, 0.3) is 0 Å². The molecule has 1 aliphatic carbocycles. The van der Waals surface area contributed by atoms with Gasteiger partial charge in [-0.25, -0.2) is 0 Å². The predicted molar refractivity (Wildman–Crippen MR) is 176 cm³/mol. The minimum atomic E-state index is -1.15. The van der Waals surface area contributed by atoms with Gasteiger partial charge in [0, 0.05) is 30.7 Å². The Morgan fingerprint density at radius 2 is 1.25 bits per heavy atom. The van der Waals surface area contributed by atoms with Gasteiger partial charge in [-0.2, -0.15) is 0 Å². The molecule has 4 aromatic carbocycles. The van der Waals surface area contributed by atoms with Crippen LogP contribution < -0.4 is 10.6 Å². The number of amides is 2. The Bertz CT molecular complexity index is 1370. The van der Waals surface area contributed by atoms with Gasteiger partial charge in [0.25, 0.3) is 0 Å². The molecule has 0 heterocycles. The first-order valence-corrected chi connectivity index (χ1v) is 16.2. The van der Waals surface area contributed by atoms with E-state index in [9.17, 15) is 14.7 Å². The zero-order valence-electron chi connectivity index (χ0n) is 24.9. The molecule has 3 N–H and O–H groups in total. The highest BCUT2D eigenvalue weighted by Crippen LogP contribution is 2.49. The first kappa shape index (κ1) is 31.5. The molecule has 6 nitrogen and oxygen atoms in total. The van der Waals surface area contributed by atoms with Crippen LogP contribution in [0, 0.1) is 5.41 Å². The molecule has 228 valence electrons. The molecule has 1 atom stereocenters. The predicted octanol–water partition coefficient (Wildman–Crippen LogP) is 5.69. The van der Waals surface area contributed by atoms with Gasteiger partial charge in [0.05, 0.1) is 18.0 Å². The highest BCUT2D eigenvalue weighted by molar-refractivity contribution is 8.00. The van der Waals surface area contributed by atoms with Crippen LogP contribution in [0.15, 0.2) is 121 Å². The fourth-order valence-electron chi connectivity index (χ4n) is 5.53. The van der Waals surface area contributed by atoms with Gasteiger partial charge >= 0.3 is 0 Å². The molecule has 5 rings (SSSR count). The van der Waals surface area contributed by atoms with Crippen molar-refractivity contribution in [3.63, 3.8) is 0 Å². The number of ether oxygens (including phenoxy) is 1. The van der Waals surface area contributed by atoms with Gasteiger partial charge < -0.3 is 20.5 Å². The van der Waals surface area contributed by atoms with Gasteiger partial charge in [-0.15, -0.1) is 11.8 Å². The van der Waals surface area contributed by atoms with Gasteiger partial charge in [0.15, 0.2) is 0 Å². The number of thioether (sulfide) groups is 1. The quantitative estimate of drug-likeness (QED) is 0.112. The summed E-state index contributed by atoms with van der Waals surface area (Å²) in [6.45, 7) is 1.41. The number of aliphatic hydroxyl groups excluding tert-OH is 1. The van der Waals surface area contributed by atoms with E-state index < -0.39 is 22.2 Å². The average Bonchev–Trinajstić information content (AvgIpc) is 3.87. The summed E-state index contributed by atoms with van der Waals surface area (Å²) in [5.74, 6) is 0.0889. The maximum Gasteiger partial charge on any atom is 0.249 e. The number of carbonyl (C=O) groups excluding carboxylic acids is 2. The van der Waals surface area contributed by atoms with Crippen LogP contribution in [-0.4, -0.2) is 48.5 Å². The van der Waals surface area contributed by atoms with Crippen molar-refractivity contribution in [3.8, 4) is 0 Å². The van der Waals surface area contributed by atoms with Gasteiger partial charge in [0.2, 0.25) is 11.8 Å². The summed E-state index contributed by atoms with van der Waals surface area (Å²) in [4.78, 5) is 25.3. The van der Waals surface area contributed by atoms with Crippen LogP contribution in [0.5, 0.6) is 0 Å². The molecule has 7 heteroatoms. The van der Waals surface area contributed by atoms with Gasteiger partial charge in [-0.05, 0) is 35.1 Å². The lowest BCUT2D eigenvalue weighted by molar-refractivity contribution is -0.135. The summed E-state index contributed by atoms with van der Waals surface area (Å²) in [7, 11) is 0. The van der Waals surface area contributed by atoms with E-state index in [1.165, 1.54) is 16.7 Å². The molecule has 0 saturated heterocycles. The van der Waals surface area contributed by atoms with E-state index in [1.54, 1.807) is 11.8 Å². The van der Waals surface area contributed by atoms with E-state index in [0.29, 0.717) is 25.5 Å². The molecule has 0 radical (unpaired) electrons. The van der Waals surface area contributed by atoms with Crippen molar-refractivity contribution in [2.24, 2.45) is 5.41 Å². The SMILES string of the molecule is O=C(CCNC(=O)C(O)C1(COCc2ccccc2)CC1)NCCSC(c1ccccc1)(c1ccccc1)c1ccccc1. The second-order valence-electron chi connectivity index (χ2n) is 11.3. The Labute approximate surface area is 264 Å². The first-order chi connectivity index (χ1) is 21.5. The highest BCUT2D eigenvalue weighted by Gasteiger charge is 2.52. The normalized spacial score (nSPS) is 14.4. The third kappa shape index (κ3) is 7.78. The Kier molecular flexibility index (Phi) is 10.9. The monoisotopic (exact) mass is 608 g/mol. The second kappa shape index (κ2) is 15.2. The third-order valence-electron chi connectivity index (χ3n) is 8.16. The number of rotatable bonds is 16. The maximum absolute atomic E-state index is 12.7. The Morgan fingerprint density at radius 3 is 1.75 bits per heavy atom. The smallest absolute Gasteiger partial charge is 0.249 e. The van der Waals surface area contributed by atoms with Crippen LogP contribution in [0.4, 0.5) is 0 Å². The van der Waals surface area contributed by atoms with Crippen molar-refractivity contribution in [2.45, 2.75) is 36.7 Å². The summed E-state index contributed by atoms with van der Waals surface area (Å²) in [5, 5.41) is 16.4. The van der Waals surface area contributed by atoms with Crippen molar-refractivity contribution in [3.05, 3.63) is 144 Å². The van der Waals surface area contributed by atoms with E-state index in [2.05, 4.69) is 83.4 Å². The van der Waals surface area contributed by atoms with Crippen LogP contribution >= 0.6 is 11.8 Å². The molecular weight excluding hydrogens is 568 g/mol. The van der Waals surface area contributed by atoms with Gasteiger partial charge in [-0.1, -0.05) is 121 Å². The third-order valence-corrected chi connectivity index (χ3v) is 9.71. The molecule has 1 saturated carbocycles. The van der Waals surface area contributed by atoms with Gasteiger partial charge in [-0.3, -0.25) is 9.59 Å². The zero-order valence-corrected chi connectivity index (χ0v) is 25.7. The molecule has 1 aliphatic rings. The van der Waals surface area contributed by atoms with Crippen LogP contribution in [-0.2, 0) is 25.7 Å². The molecule has 0 spiro atoms. The molecule has 0 aliphatic heterocycles. The summed E-state index contributed by atoms with van der Waals surface area (Å²) in [5.41, 5.74) is 4.04. The van der Waals surface area contributed by atoms with E-state index in [1.807, 2.05) is 48.5 Å². The highest BCUT2D eigenvalue weighted by atomic mass is 32.2. The van der Waals surface area contributed by atoms with E-state index in [-0.39, 0.29) is 18.9 Å². The van der Waals surface area contributed by atoms with Crippen molar-refractivity contribution in [1.29, 1.82) is 0 Å². The zero-order chi connectivity index (χ0) is 30.7. The molecule has 1 fully saturated rings. The Hall–Kier alpha value is -3.91. The van der Waals surface area contributed by atoms with Crippen molar-refractivity contribution in [1.82, 2.24) is 10.6 Å². The second-order valence-corrected chi connectivity index (χ2v) is 12.6. The summed E-state index contributed by atoms with van der Waals surface area (Å²) in [6.07, 6.45) is 0.470. The lowest BCUT2D eigenvalue weighted by atomic mass is 9.84.